The number of pyridine rings is 1. The monoisotopic (exact) mass is 271 g/mol. The molecular weight excluding hydrogens is 254 g/mol. The zero-order valence-corrected chi connectivity index (χ0v) is 11.5. The van der Waals surface area contributed by atoms with Crippen LogP contribution in [0.25, 0.3) is 0 Å². The molecule has 1 amide bonds. The van der Waals surface area contributed by atoms with Crippen molar-refractivity contribution >= 4 is 5.91 Å². The number of hydrogen-bond donors (Lipinski definition) is 1. The van der Waals surface area contributed by atoms with Crippen LogP contribution in [0.2, 0.25) is 0 Å². The number of carbonyl (C=O) groups is 1. The van der Waals surface area contributed by atoms with Crippen LogP contribution in [0.1, 0.15) is 35.7 Å². The topological polar surface area (TPSA) is 77.2 Å². The molecule has 1 heterocycles. The van der Waals surface area contributed by atoms with Crippen LogP contribution in [-0.2, 0) is 0 Å². The smallest absolute Gasteiger partial charge is 0.255 e. The molecule has 0 aromatic carbocycles. The maximum Gasteiger partial charge on any atom is 0.255 e. The minimum absolute atomic E-state index is 0.0107. The summed E-state index contributed by atoms with van der Waals surface area (Å²) in [5.74, 6) is 5.48. The summed E-state index contributed by atoms with van der Waals surface area (Å²) in [6.45, 7) is 2.83. The van der Waals surface area contributed by atoms with Gasteiger partial charge in [-0.15, -0.1) is 0 Å². The summed E-state index contributed by atoms with van der Waals surface area (Å²) in [5, 5.41) is 17.3. The SMILES string of the molecule is CCN(CCC#N)C(=O)c1cncc(C#CCCO)c1. The fraction of sp³-hybridized carbons (Fsp3) is 0.400. The van der Waals surface area contributed by atoms with Gasteiger partial charge < -0.3 is 10.0 Å². The second kappa shape index (κ2) is 8.68. The van der Waals surface area contributed by atoms with Crippen LogP contribution >= 0.6 is 0 Å². The standard InChI is InChI=1S/C15H17N3O2/c1-2-18(8-5-7-16)15(20)14-10-13(11-17-12-14)6-3-4-9-19/h10-12,19H,2,4-5,8-9H2,1H3. The van der Waals surface area contributed by atoms with E-state index < -0.39 is 0 Å². The first kappa shape index (κ1) is 15.7. The lowest BCUT2D eigenvalue weighted by Crippen LogP contribution is -2.31. The van der Waals surface area contributed by atoms with E-state index in [4.69, 9.17) is 10.4 Å². The van der Waals surface area contributed by atoms with E-state index in [1.807, 2.05) is 13.0 Å². The van der Waals surface area contributed by atoms with Crippen LogP contribution in [0, 0.1) is 23.2 Å². The van der Waals surface area contributed by atoms with Gasteiger partial charge in [0, 0.05) is 37.5 Å². The largest absolute Gasteiger partial charge is 0.395 e. The predicted molar refractivity (Wildman–Crippen MR) is 74.6 cm³/mol. The average molecular weight is 271 g/mol. The Balaban J connectivity index is 2.85. The summed E-state index contributed by atoms with van der Waals surface area (Å²) in [5.41, 5.74) is 1.10. The molecule has 1 rings (SSSR count). The Labute approximate surface area is 118 Å². The number of aromatic nitrogens is 1. The molecule has 0 fully saturated rings. The normalized spacial score (nSPS) is 9.25. The quantitative estimate of drug-likeness (QED) is 0.816. The lowest BCUT2D eigenvalue weighted by molar-refractivity contribution is 0.0767. The average Bonchev–Trinajstić information content (AvgIpc) is 2.48. The van der Waals surface area contributed by atoms with Crippen molar-refractivity contribution in [2.75, 3.05) is 19.7 Å². The first-order valence-corrected chi connectivity index (χ1v) is 6.44. The molecule has 0 unspecified atom stereocenters. The summed E-state index contributed by atoms with van der Waals surface area (Å²) in [6, 6.07) is 3.70. The molecule has 104 valence electrons. The van der Waals surface area contributed by atoms with Crippen molar-refractivity contribution in [1.29, 1.82) is 5.26 Å². The van der Waals surface area contributed by atoms with Crippen LogP contribution < -0.4 is 0 Å². The molecule has 0 bridgehead atoms. The third-order valence-electron chi connectivity index (χ3n) is 2.62. The Morgan fingerprint density at radius 3 is 2.90 bits per heavy atom. The number of aliphatic hydroxyl groups is 1. The summed E-state index contributed by atoms with van der Waals surface area (Å²) in [6.07, 6.45) is 3.77. The minimum Gasteiger partial charge on any atom is -0.395 e. The number of carbonyl (C=O) groups excluding carboxylic acids is 1. The van der Waals surface area contributed by atoms with Crippen molar-refractivity contribution in [1.82, 2.24) is 9.88 Å². The highest BCUT2D eigenvalue weighted by Crippen LogP contribution is 2.07. The fourth-order valence-electron chi connectivity index (χ4n) is 1.62. The van der Waals surface area contributed by atoms with Crippen molar-refractivity contribution in [3.63, 3.8) is 0 Å². The van der Waals surface area contributed by atoms with Gasteiger partial charge in [0.1, 0.15) is 0 Å². The molecule has 0 saturated heterocycles. The molecule has 1 aromatic heterocycles. The summed E-state index contributed by atoms with van der Waals surface area (Å²) in [4.78, 5) is 17.9. The van der Waals surface area contributed by atoms with Gasteiger partial charge in [-0.05, 0) is 13.0 Å². The van der Waals surface area contributed by atoms with Crippen LogP contribution in [0.4, 0.5) is 0 Å². The minimum atomic E-state index is -0.152. The number of amides is 1. The molecule has 0 aliphatic carbocycles. The molecule has 0 atom stereocenters. The summed E-state index contributed by atoms with van der Waals surface area (Å²) < 4.78 is 0. The van der Waals surface area contributed by atoms with E-state index in [2.05, 4.69) is 16.8 Å². The number of nitriles is 1. The van der Waals surface area contributed by atoms with Crippen molar-refractivity contribution in [3.05, 3.63) is 29.6 Å². The van der Waals surface area contributed by atoms with E-state index in [1.165, 1.54) is 6.20 Å². The Morgan fingerprint density at radius 1 is 1.45 bits per heavy atom. The Kier molecular flexibility index (Phi) is 6.81. The lowest BCUT2D eigenvalue weighted by atomic mass is 10.2. The highest BCUT2D eigenvalue weighted by molar-refractivity contribution is 5.94. The van der Waals surface area contributed by atoms with Gasteiger partial charge in [0.2, 0.25) is 0 Å². The van der Waals surface area contributed by atoms with Crippen molar-refractivity contribution in [3.8, 4) is 17.9 Å². The fourth-order valence-corrected chi connectivity index (χ4v) is 1.62. The van der Waals surface area contributed by atoms with Crippen molar-refractivity contribution in [2.24, 2.45) is 0 Å². The van der Waals surface area contributed by atoms with Gasteiger partial charge in [-0.25, -0.2) is 0 Å². The Bertz CT molecular complexity index is 552. The third kappa shape index (κ3) is 4.72. The van der Waals surface area contributed by atoms with E-state index in [9.17, 15) is 4.79 Å². The molecule has 20 heavy (non-hydrogen) atoms. The molecule has 0 aliphatic heterocycles. The molecular formula is C15H17N3O2. The van der Waals surface area contributed by atoms with Crippen molar-refractivity contribution in [2.45, 2.75) is 19.8 Å². The predicted octanol–water partition coefficient (Wildman–Crippen LogP) is 1.19. The second-order valence-corrected chi connectivity index (χ2v) is 4.03. The summed E-state index contributed by atoms with van der Waals surface area (Å²) in [7, 11) is 0. The Hall–Kier alpha value is -2.37. The van der Waals surface area contributed by atoms with Crippen LogP contribution in [0.3, 0.4) is 0 Å². The molecule has 1 aromatic rings. The van der Waals surface area contributed by atoms with E-state index >= 15 is 0 Å². The molecule has 5 nitrogen and oxygen atoms in total. The van der Waals surface area contributed by atoms with E-state index in [-0.39, 0.29) is 12.5 Å². The van der Waals surface area contributed by atoms with Gasteiger partial charge in [0.15, 0.2) is 0 Å². The third-order valence-corrected chi connectivity index (χ3v) is 2.62. The zero-order chi connectivity index (χ0) is 14.8. The molecule has 0 spiro atoms. The molecule has 0 aliphatic rings. The summed E-state index contributed by atoms with van der Waals surface area (Å²) >= 11 is 0. The van der Waals surface area contributed by atoms with Gasteiger partial charge in [0.05, 0.1) is 24.7 Å². The van der Waals surface area contributed by atoms with Crippen LogP contribution in [0.5, 0.6) is 0 Å². The number of rotatable bonds is 5. The van der Waals surface area contributed by atoms with Crippen LogP contribution in [0.15, 0.2) is 18.5 Å². The molecule has 0 radical (unpaired) electrons. The first-order chi connectivity index (χ1) is 9.72. The van der Waals surface area contributed by atoms with E-state index in [0.29, 0.717) is 37.1 Å². The highest BCUT2D eigenvalue weighted by Gasteiger charge is 2.14. The van der Waals surface area contributed by atoms with Gasteiger partial charge in [0.25, 0.3) is 5.91 Å². The van der Waals surface area contributed by atoms with E-state index in [1.54, 1.807) is 17.2 Å². The zero-order valence-electron chi connectivity index (χ0n) is 11.5. The molecule has 5 heteroatoms. The maximum atomic E-state index is 12.3. The van der Waals surface area contributed by atoms with Gasteiger partial charge in [-0.1, -0.05) is 11.8 Å². The van der Waals surface area contributed by atoms with Crippen LogP contribution in [-0.4, -0.2) is 40.6 Å². The lowest BCUT2D eigenvalue weighted by Gasteiger charge is -2.19. The first-order valence-electron chi connectivity index (χ1n) is 6.44. The van der Waals surface area contributed by atoms with Crippen molar-refractivity contribution < 1.29 is 9.90 Å². The highest BCUT2D eigenvalue weighted by atomic mass is 16.2. The maximum absolute atomic E-state index is 12.3. The molecule has 1 N–H and O–H groups in total. The molecule has 0 saturated carbocycles. The number of aliphatic hydroxyl groups excluding tert-OH is 1. The van der Waals surface area contributed by atoms with E-state index in [0.717, 1.165) is 0 Å². The van der Waals surface area contributed by atoms with Gasteiger partial charge in [-0.3, -0.25) is 9.78 Å². The van der Waals surface area contributed by atoms with Gasteiger partial charge in [-0.2, -0.15) is 5.26 Å². The second-order valence-electron chi connectivity index (χ2n) is 4.03. The Morgan fingerprint density at radius 2 is 2.25 bits per heavy atom. The van der Waals surface area contributed by atoms with Gasteiger partial charge >= 0.3 is 0 Å². The number of hydrogen-bond acceptors (Lipinski definition) is 4. The number of nitrogens with zero attached hydrogens (tertiary/aromatic N) is 3.